The van der Waals surface area contributed by atoms with Crippen LogP contribution in [-0.2, 0) is 11.3 Å². The van der Waals surface area contributed by atoms with Gasteiger partial charge in [-0.25, -0.2) is 4.99 Å². The number of nitro benzene ring substituents is 1. The predicted molar refractivity (Wildman–Crippen MR) is 141 cm³/mol. The summed E-state index contributed by atoms with van der Waals surface area (Å²) in [5, 5.41) is 11.9. The summed E-state index contributed by atoms with van der Waals surface area (Å²) in [5.74, 6) is 0.613. The van der Waals surface area contributed by atoms with E-state index in [0.717, 1.165) is 11.1 Å². The van der Waals surface area contributed by atoms with E-state index in [1.807, 2.05) is 25.1 Å². The van der Waals surface area contributed by atoms with Crippen LogP contribution in [0.15, 0.2) is 71.7 Å². The number of ether oxygens (including phenoxy) is 2. The quantitative estimate of drug-likeness (QED) is 0.183. The SMILES string of the molecule is CC(N=C(N)N)c1ccc(OCCC2Oc3cc([N+](=O)[O-])ccc3N(Cc3cccc(Cl)c3)C2=O)cc1. The molecule has 2 atom stereocenters. The topological polar surface area (TPSA) is 146 Å². The lowest BCUT2D eigenvalue weighted by Crippen LogP contribution is -2.46. The summed E-state index contributed by atoms with van der Waals surface area (Å²) in [7, 11) is 0. The number of carbonyl (C=O) groups is 1. The highest BCUT2D eigenvalue weighted by Gasteiger charge is 2.35. The Morgan fingerprint density at radius 1 is 1.19 bits per heavy atom. The third kappa shape index (κ3) is 6.28. The first-order valence-electron chi connectivity index (χ1n) is 11.5. The van der Waals surface area contributed by atoms with Crippen molar-refractivity contribution >= 4 is 34.8 Å². The van der Waals surface area contributed by atoms with Gasteiger partial charge in [0.2, 0.25) is 0 Å². The average Bonchev–Trinajstić information content (AvgIpc) is 2.86. The van der Waals surface area contributed by atoms with E-state index in [1.54, 1.807) is 35.2 Å². The van der Waals surface area contributed by atoms with Crippen molar-refractivity contribution in [1.82, 2.24) is 0 Å². The number of hydrogen-bond donors (Lipinski definition) is 2. The van der Waals surface area contributed by atoms with E-state index in [2.05, 4.69) is 4.99 Å². The van der Waals surface area contributed by atoms with Crippen LogP contribution in [0.2, 0.25) is 5.02 Å². The Labute approximate surface area is 218 Å². The van der Waals surface area contributed by atoms with E-state index in [9.17, 15) is 14.9 Å². The van der Waals surface area contributed by atoms with Gasteiger partial charge in [-0.2, -0.15) is 0 Å². The van der Waals surface area contributed by atoms with Crippen LogP contribution >= 0.6 is 11.6 Å². The highest BCUT2D eigenvalue weighted by Crippen LogP contribution is 2.38. The lowest BCUT2D eigenvalue weighted by Gasteiger charge is -2.34. The van der Waals surface area contributed by atoms with Gasteiger partial charge in [0.1, 0.15) is 5.75 Å². The average molecular weight is 524 g/mol. The zero-order valence-corrected chi connectivity index (χ0v) is 20.8. The number of rotatable bonds is 9. The van der Waals surface area contributed by atoms with E-state index in [4.69, 9.17) is 32.5 Å². The Morgan fingerprint density at radius 3 is 2.62 bits per heavy atom. The smallest absolute Gasteiger partial charge is 0.273 e. The summed E-state index contributed by atoms with van der Waals surface area (Å²) in [6.45, 7) is 2.30. The number of non-ortho nitro benzene ring substituents is 1. The molecule has 10 nitrogen and oxygen atoms in total. The fraction of sp³-hybridized carbons (Fsp3) is 0.231. The zero-order chi connectivity index (χ0) is 26.5. The molecule has 3 aromatic rings. The lowest BCUT2D eigenvalue weighted by atomic mass is 10.1. The lowest BCUT2D eigenvalue weighted by molar-refractivity contribution is -0.384. The highest BCUT2D eigenvalue weighted by atomic mass is 35.5. The summed E-state index contributed by atoms with van der Waals surface area (Å²) in [6.07, 6.45) is -0.644. The maximum absolute atomic E-state index is 13.4. The number of nitro groups is 1. The number of benzene rings is 3. The fourth-order valence-electron chi connectivity index (χ4n) is 4.02. The largest absolute Gasteiger partial charge is 0.493 e. The number of halogens is 1. The molecule has 0 fully saturated rings. The molecular weight excluding hydrogens is 498 g/mol. The van der Waals surface area contributed by atoms with Gasteiger partial charge < -0.3 is 25.8 Å². The van der Waals surface area contributed by atoms with Crippen molar-refractivity contribution in [1.29, 1.82) is 0 Å². The van der Waals surface area contributed by atoms with E-state index in [1.165, 1.54) is 18.2 Å². The van der Waals surface area contributed by atoms with E-state index in [-0.39, 0.29) is 48.9 Å². The molecule has 0 aliphatic carbocycles. The molecule has 37 heavy (non-hydrogen) atoms. The van der Waals surface area contributed by atoms with Crippen LogP contribution in [0.5, 0.6) is 11.5 Å². The number of hydrogen-bond acceptors (Lipinski definition) is 6. The second-order valence-corrected chi connectivity index (χ2v) is 8.94. The molecule has 1 aliphatic rings. The third-order valence-electron chi connectivity index (χ3n) is 5.84. The van der Waals surface area contributed by atoms with Gasteiger partial charge >= 0.3 is 0 Å². The number of anilines is 1. The summed E-state index contributed by atoms with van der Waals surface area (Å²) >= 11 is 6.12. The van der Waals surface area contributed by atoms with E-state index in [0.29, 0.717) is 16.5 Å². The summed E-state index contributed by atoms with van der Waals surface area (Å²) in [5.41, 5.74) is 13.0. The summed E-state index contributed by atoms with van der Waals surface area (Å²) in [4.78, 5) is 29.9. The summed E-state index contributed by atoms with van der Waals surface area (Å²) in [6, 6.07) is 18.5. The van der Waals surface area contributed by atoms with Crippen molar-refractivity contribution in [3.63, 3.8) is 0 Å². The second-order valence-electron chi connectivity index (χ2n) is 8.51. The monoisotopic (exact) mass is 523 g/mol. The van der Waals surface area contributed by atoms with Crippen molar-refractivity contribution in [3.8, 4) is 11.5 Å². The van der Waals surface area contributed by atoms with Crippen LogP contribution < -0.4 is 25.8 Å². The van der Waals surface area contributed by atoms with Gasteiger partial charge in [-0.15, -0.1) is 0 Å². The van der Waals surface area contributed by atoms with Crippen molar-refractivity contribution in [2.24, 2.45) is 16.5 Å². The zero-order valence-electron chi connectivity index (χ0n) is 20.0. The van der Waals surface area contributed by atoms with Gasteiger partial charge in [-0.3, -0.25) is 14.9 Å². The number of aliphatic imine (C=N–C) groups is 1. The van der Waals surface area contributed by atoms with Crippen molar-refractivity contribution < 1.29 is 19.2 Å². The Balaban J connectivity index is 1.48. The molecule has 0 saturated heterocycles. The van der Waals surface area contributed by atoms with Gasteiger partial charge in [0.05, 0.1) is 35.9 Å². The number of fused-ring (bicyclic) bond motifs is 1. The minimum atomic E-state index is -0.880. The van der Waals surface area contributed by atoms with Gasteiger partial charge in [0.15, 0.2) is 17.8 Å². The number of guanidine groups is 1. The molecule has 3 aromatic carbocycles. The number of nitrogens with zero attached hydrogens (tertiary/aromatic N) is 3. The molecule has 0 spiro atoms. The van der Waals surface area contributed by atoms with Crippen molar-refractivity contribution in [3.05, 3.63) is 93.0 Å². The minimum absolute atomic E-state index is 0.0151. The van der Waals surface area contributed by atoms with Crippen LogP contribution in [-0.4, -0.2) is 29.5 Å². The molecule has 1 aliphatic heterocycles. The Bertz CT molecular complexity index is 1330. The second kappa shape index (κ2) is 11.2. The highest BCUT2D eigenvalue weighted by molar-refractivity contribution is 6.30. The maximum Gasteiger partial charge on any atom is 0.273 e. The van der Waals surface area contributed by atoms with Crippen LogP contribution in [0.3, 0.4) is 0 Å². The first-order chi connectivity index (χ1) is 17.7. The molecule has 1 heterocycles. The van der Waals surface area contributed by atoms with Gasteiger partial charge in [0, 0.05) is 17.5 Å². The predicted octanol–water partition coefficient (Wildman–Crippen LogP) is 4.35. The van der Waals surface area contributed by atoms with Crippen LogP contribution in [0.25, 0.3) is 0 Å². The molecule has 192 valence electrons. The summed E-state index contributed by atoms with van der Waals surface area (Å²) < 4.78 is 11.7. The number of carbonyl (C=O) groups excluding carboxylic acids is 1. The molecule has 4 N–H and O–H groups in total. The fourth-order valence-corrected chi connectivity index (χ4v) is 4.23. The Morgan fingerprint density at radius 2 is 1.95 bits per heavy atom. The van der Waals surface area contributed by atoms with Crippen molar-refractivity contribution in [2.75, 3.05) is 11.5 Å². The van der Waals surface area contributed by atoms with Crippen molar-refractivity contribution in [2.45, 2.75) is 32.0 Å². The standard InChI is InChI=1S/C26H26ClN5O5/c1-16(30-26(28)29)18-5-8-21(9-6-18)36-12-11-23-25(33)31(15-17-3-2-4-19(27)13-17)22-10-7-20(32(34)35)14-24(22)37-23/h2-10,13-14,16,23H,11-12,15H2,1H3,(H4,28,29,30). The van der Waals surface area contributed by atoms with Gasteiger partial charge in [-0.1, -0.05) is 35.9 Å². The van der Waals surface area contributed by atoms with E-state index < -0.39 is 11.0 Å². The van der Waals surface area contributed by atoms with Crippen LogP contribution in [0.4, 0.5) is 11.4 Å². The molecule has 0 bridgehead atoms. The first kappa shape index (κ1) is 25.8. The van der Waals surface area contributed by atoms with Crippen LogP contribution in [0.1, 0.15) is 30.5 Å². The number of amides is 1. The van der Waals surface area contributed by atoms with E-state index >= 15 is 0 Å². The molecule has 0 radical (unpaired) electrons. The molecular formula is C26H26ClN5O5. The van der Waals surface area contributed by atoms with Gasteiger partial charge in [-0.05, 0) is 48.4 Å². The Hall–Kier alpha value is -4.31. The molecule has 4 rings (SSSR count). The maximum atomic E-state index is 13.4. The minimum Gasteiger partial charge on any atom is -0.493 e. The number of nitrogens with two attached hydrogens (primary N) is 2. The van der Waals surface area contributed by atoms with Gasteiger partial charge in [0.25, 0.3) is 11.6 Å². The first-order valence-corrected chi connectivity index (χ1v) is 11.9. The normalized spacial score (nSPS) is 15.4. The molecule has 1 amide bonds. The molecule has 0 saturated carbocycles. The third-order valence-corrected chi connectivity index (χ3v) is 6.07. The van der Waals surface area contributed by atoms with Crippen LogP contribution in [0, 0.1) is 10.1 Å². The molecule has 11 heteroatoms. The molecule has 2 unspecified atom stereocenters. The molecule has 0 aromatic heterocycles. The Kier molecular flexibility index (Phi) is 7.78.